The second-order valence-corrected chi connectivity index (χ2v) is 14.3. The molecular weight excluding hydrogens is 336 g/mol. The second-order valence-electron chi connectivity index (χ2n) is 9.53. The van der Waals surface area contributed by atoms with Gasteiger partial charge in [0, 0.05) is 12.8 Å². The lowest BCUT2D eigenvalue weighted by atomic mass is 10.0. The second kappa shape index (κ2) is 8.21. The molecule has 5 nitrogen and oxygen atoms in total. The van der Waals surface area contributed by atoms with Crippen molar-refractivity contribution in [3.05, 3.63) is 0 Å². The van der Waals surface area contributed by atoms with Crippen LogP contribution in [0, 0.1) is 0 Å². The van der Waals surface area contributed by atoms with E-state index in [4.69, 9.17) is 13.9 Å². The summed E-state index contributed by atoms with van der Waals surface area (Å²) in [5.74, 6) is -0.419. The fraction of sp³-hybridized carbons (Fsp3) is 0.895. The quantitative estimate of drug-likeness (QED) is 0.504. The van der Waals surface area contributed by atoms with Crippen LogP contribution in [-0.4, -0.2) is 38.1 Å². The molecule has 0 bridgehead atoms. The lowest BCUT2D eigenvalue weighted by Gasteiger charge is -2.40. The summed E-state index contributed by atoms with van der Waals surface area (Å²) in [5, 5.41) is 0.0441. The molecule has 0 amide bonds. The average Bonchev–Trinajstić information content (AvgIpc) is 2.33. The van der Waals surface area contributed by atoms with Crippen LogP contribution in [0.3, 0.4) is 0 Å². The summed E-state index contributed by atoms with van der Waals surface area (Å²) in [5.41, 5.74) is -0.518. The number of hydrogen-bond donors (Lipinski definition) is 0. The van der Waals surface area contributed by atoms with Crippen LogP contribution >= 0.6 is 0 Å². The molecule has 0 unspecified atom stereocenters. The summed E-state index contributed by atoms with van der Waals surface area (Å²) in [6.07, 6.45) is 2.44. The molecule has 6 heteroatoms. The van der Waals surface area contributed by atoms with Gasteiger partial charge in [-0.05, 0) is 51.7 Å². The van der Waals surface area contributed by atoms with E-state index < -0.39 is 13.9 Å². The van der Waals surface area contributed by atoms with Crippen molar-refractivity contribution < 1.29 is 23.5 Å². The number of cyclic esters (lactones) is 1. The fourth-order valence-corrected chi connectivity index (χ4v) is 3.94. The van der Waals surface area contributed by atoms with Crippen molar-refractivity contribution in [3.63, 3.8) is 0 Å². The van der Waals surface area contributed by atoms with Crippen molar-refractivity contribution in [2.24, 2.45) is 0 Å². The Morgan fingerprint density at radius 3 is 2.32 bits per heavy atom. The number of ether oxygens (including phenoxy) is 2. The van der Waals surface area contributed by atoms with Crippen molar-refractivity contribution in [1.82, 2.24) is 0 Å². The van der Waals surface area contributed by atoms with Gasteiger partial charge >= 0.3 is 11.9 Å². The van der Waals surface area contributed by atoms with Gasteiger partial charge in [-0.15, -0.1) is 0 Å². The lowest BCUT2D eigenvalue weighted by molar-refractivity contribution is -0.158. The molecule has 25 heavy (non-hydrogen) atoms. The van der Waals surface area contributed by atoms with Gasteiger partial charge in [0.05, 0.1) is 12.5 Å². The Hall–Kier alpha value is -0.883. The highest BCUT2D eigenvalue weighted by molar-refractivity contribution is 6.74. The maximum Gasteiger partial charge on any atom is 0.308 e. The molecule has 2 atom stereocenters. The summed E-state index contributed by atoms with van der Waals surface area (Å²) in [7, 11) is -2.04. The molecule has 1 saturated heterocycles. The van der Waals surface area contributed by atoms with Crippen molar-refractivity contribution in [1.29, 1.82) is 0 Å². The third-order valence-electron chi connectivity index (χ3n) is 4.81. The van der Waals surface area contributed by atoms with E-state index in [1.54, 1.807) is 0 Å². The average molecular weight is 373 g/mol. The van der Waals surface area contributed by atoms with Crippen LogP contribution in [0.2, 0.25) is 18.1 Å². The third kappa shape index (κ3) is 7.90. The highest BCUT2D eigenvalue weighted by Crippen LogP contribution is 2.38. The first-order valence-corrected chi connectivity index (χ1v) is 12.2. The number of rotatable bonds is 6. The first-order chi connectivity index (χ1) is 11.2. The van der Waals surface area contributed by atoms with Gasteiger partial charge in [0.15, 0.2) is 8.32 Å². The highest BCUT2D eigenvalue weighted by atomic mass is 28.4. The fourth-order valence-electron chi connectivity index (χ4n) is 2.57. The van der Waals surface area contributed by atoms with Gasteiger partial charge in [-0.2, -0.15) is 0 Å². The molecule has 1 heterocycles. The van der Waals surface area contributed by atoms with E-state index in [0.717, 1.165) is 12.8 Å². The van der Waals surface area contributed by atoms with E-state index in [0.29, 0.717) is 12.8 Å². The molecule has 146 valence electrons. The minimum Gasteiger partial charge on any atom is -0.462 e. The zero-order chi connectivity index (χ0) is 19.5. The van der Waals surface area contributed by atoms with Crippen LogP contribution in [0.25, 0.3) is 0 Å². The summed E-state index contributed by atoms with van der Waals surface area (Å²) < 4.78 is 17.4. The number of hydrogen-bond acceptors (Lipinski definition) is 5. The molecule has 0 aromatic heterocycles. The first kappa shape index (κ1) is 22.2. The largest absolute Gasteiger partial charge is 0.462 e. The predicted octanol–water partition coefficient (Wildman–Crippen LogP) is 4.59. The molecule has 1 aliphatic rings. The van der Waals surface area contributed by atoms with Gasteiger partial charge in [0.1, 0.15) is 11.7 Å². The van der Waals surface area contributed by atoms with E-state index in [1.165, 1.54) is 0 Å². The molecule has 1 aliphatic heterocycles. The summed E-state index contributed by atoms with van der Waals surface area (Å²) >= 11 is 0. The van der Waals surface area contributed by atoms with Crippen molar-refractivity contribution in [3.8, 4) is 0 Å². The smallest absolute Gasteiger partial charge is 0.308 e. The molecule has 1 rings (SSSR count). The van der Waals surface area contributed by atoms with Crippen molar-refractivity contribution >= 4 is 20.3 Å². The van der Waals surface area contributed by atoms with Crippen LogP contribution in [0.15, 0.2) is 0 Å². The Kier molecular flexibility index (Phi) is 7.27. The molecule has 0 aromatic carbocycles. The van der Waals surface area contributed by atoms with Crippen molar-refractivity contribution in [2.75, 3.05) is 0 Å². The van der Waals surface area contributed by atoms with E-state index in [-0.39, 0.29) is 35.6 Å². The summed E-state index contributed by atoms with van der Waals surface area (Å²) in [6.45, 7) is 16.4. The van der Waals surface area contributed by atoms with E-state index >= 15 is 0 Å². The topological polar surface area (TPSA) is 61.8 Å². The number of carbonyl (C=O) groups excluding carboxylic acids is 2. The Labute approximate surface area is 153 Å². The maximum atomic E-state index is 12.3. The molecule has 0 spiro atoms. The Morgan fingerprint density at radius 2 is 1.84 bits per heavy atom. The van der Waals surface area contributed by atoms with Gasteiger partial charge in [-0.25, -0.2) is 0 Å². The van der Waals surface area contributed by atoms with Crippen LogP contribution in [-0.2, 0) is 23.5 Å². The van der Waals surface area contributed by atoms with Gasteiger partial charge in [0.25, 0.3) is 0 Å². The van der Waals surface area contributed by atoms with E-state index in [2.05, 4.69) is 33.9 Å². The van der Waals surface area contributed by atoms with E-state index in [1.807, 2.05) is 20.8 Å². The molecular formula is C19H36O5Si. The van der Waals surface area contributed by atoms with Crippen LogP contribution in [0.1, 0.15) is 73.6 Å². The molecule has 0 radical (unpaired) electrons. The molecule has 0 aliphatic carbocycles. The zero-order valence-electron chi connectivity index (χ0n) is 17.2. The van der Waals surface area contributed by atoms with Gasteiger partial charge < -0.3 is 13.9 Å². The highest BCUT2D eigenvalue weighted by Gasteiger charge is 2.40. The molecule has 1 fully saturated rings. The van der Waals surface area contributed by atoms with Crippen LogP contribution < -0.4 is 0 Å². The third-order valence-corrected chi connectivity index (χ3v) is 9.35. The molecule has 0 aromatic rings. The van der Waals surface area contributed by atoms with Gasteiger partial charge in [-0.3, -0.25) is 9.59 Å². The molecule has 0 N–H and O–H groups in total. The minimum atomic E-state index is -2.04. The summed E-state index contributed by atoms with van der Waals surface area (Å²) in [6, 6.07) is 0. The normalized spacial score (nSPS) is 20.8. The Bertz CT molecular complexity index is 473. The monoisotopic (exact) mass is 372 g/mol. The Morgan fingerprint density at radius 1 is 1.24 bits per heavy atom. The lowest BCUT2D eigenvalue weighted by Crippen LogP contribution is -2.46. The van der Waals surface area contributed by atoms with Gasteiger partial charge in [-0.1, -0.05) is 20.8 Å². The maximum absolute atomic E-state index is 12.3. The zero-order valence-corrected chi connectivity index (χ0v) is 18.2. The van der Waals surface area contributed by atoms with Crippen LogP contribution in [0.5, 0.6) is 0 Å². The number of esters is 2. The summed E-state index contributed by atoms with van der Waals surface area (Å²) in [4.78, 5) is 23.9. The predicted molar refractivity (Wildman–Crippen MR) is 101 cm³/mol. The minimum absolute atomic E-state index is 0.0441. The molecule has 0 saturated carbocycles. The first-order valence-electron chi connectivity index (χ1n) is 9.29. The Balaban J connectivity index is 2.82. The van der Waals surface area contributed by atoms with Gasteiger partial charge in [0.2, 0.25) is 0 Å². The number of carbonyl (C=O) groups is 2. The standard InChI is InChI=1S/C19H36O5Si/c1-18(2,3)23-17(21)13-15(24-25(7,8)19(4,5)6)12-14-10-9-11-16(20)22-14/h14-15H,9-13H2,1-8H3/t14-,15+/m0/s1. The van der Waals surface area contributed by atoms with E-state index in [9.17, 15) is 9.59 Å². The van der Waals surface area contributed by atoms with Crippen molar-refractivity contribution in [2.45, 2.75) is 110 Å². The SMILES string of the molecule is CC(C)(C)OC(=O)C[C@@H](C[C@@H]1CCCC(=O)O1)O[Si](C)(C)C(C)(C)C. The van der Waals surface area contributed by atoms with Crippen LogP contribution in [0.4, 0.5) is 0 Å².